The van der Waals surface area contributed by atoms with E-state index in [-0.39, 0.29) is 0 Å². The van der Waals surface area contributed by atoms with E-state index in [4.69, 9.17) is 10.2 Å². The smallest absolute Gasteiger partial charge is 0.190 e. The van der Waals surface area contributed by atoms with E-state index >= 15 is 0 Å². The maximum Gasteiger partial charge on any atom is 0.190 e. The van der Waals surface area contributed by atoms with Crippen molar-refractivity contribution in [2.75, 3.05) is 13.2 Å². The molecule has 2 nitrogen and oxygen atoms in total. The molecule has 12 heavy (non-hydrogen) atoms. The fourth-order valence-corrected chi connectivity index (χ4v) is 2.43. The van der Waals surface area contributed by atoms with Gasteiger partial charge in [0.25, 0.3) is 0 Å². The van der Waals surface area contributed by atoms with Crippen LogP contribution in [0.3, 0.4) is 0 Å². The van der Waals surface area contributed by atoms with Crippen LogP contribution in [0.2, 0.25) is 18.6 Å². The Kier molecular flexibility index (Phi) is 5.79. The second-order valence-electron chi connectivity index (χ2n) is 3.94. The molecule has 74 valence electrons. The molecule has 0 heterocycles. The zero-order valence-electron chi connectivity index (χ0n) is 8.89. The first-order valence-electron chi connectivity index (χ1n) is 4.88. The minimum absolute atomic E-state index is 0.564. The molecule has 1 unspecified atom stereocenters. The molecule has 0 saturated heterocycles. The van der Waals surface area contributed by atoms with Gasteiger partial charge in [-0.15, -0.1) is 0 Å². The summed E-state index contributed by atoms with van der Waals surface area (Å²) in [6, 6.07) is 0. The van der Waals surface area contributed by atoms with Gasteiger partial charge in [-0.3, -0.25) is 0 Å². The van der Waals surface area contributed by atoms with E-state index in [1.54, 1.807) is 0 Å². The lowest BCUT2D eigenvalue weighted by atomic mass is 10.4. The van der Waals surface area contributed by atoms with E-state index < -0.39 is 8.32 Å². The van der Waals surface area contributed by atoms with Crippen LogP contribution >= 0.6 is 0 Å². The highest BCUT2D eigenvalue weighted by Crippen LogP contribution is 2.21. The van der Waals surface area contributed by atoms with E-state index in [1.807, 2.05) is 0 Å². The Bertz CT molecular complexity index is 117. The molecule has 0 aromatic heterocycles. The van der Waals surface area contributed by atoms with Gasteiger partial charge in [0.1, 0.15) is 0 Å². The topological polar surface area (TPSA) is 35.2 Å². The van der Waals surface area contributed by atoms with E-state index in [0.29, 0.717) is 5.54 Å². The average Bonchev–Trinajstić information content (AvgIpc) is 2.03. The van der Waals surface area contributed by atoms with Crippen LogP contribution in [0.15, 0.2) is 0 Å². The van der Waals surface area contributed by atoms with E-state index in [2.05, 4.69) is 26.9 Å². The molecule has 0 radical (unpaired) electrons. The van der Waals surface area contributed by atoms with Crippen molar-refractivity contribution in [2.45, 2.75) is 45.3 Å². The van der Waals surface area contributed by atoms with Crippen LogP contribution in [-0.2, 0) is 4.43 Å². The molecule has 0 aromatic carbocycles. The predicted molar refractivity (Wildman–Crippen MR) is 56.8 cm³/mol. The number of unbranched alkanes of at least 4 members (excludes halogenated alkanes) is 1. The molecule has 3 heteroatoms. The molecule has 0 amide bonds. The lowest BCUT2D eigenvalue weighted by molar-refractivity contribution is 0.292. The summed E-state index contributed by atoms with van der Waals surface area (Å²) in [6.45, 7) is 10.5. The number of nitrogens with two attached hydrogens (primary N) is 1. The fourth-order valence-electron chi connectivity index (χ4n) is 0.906. The van der Waals surface area contributed by atoms with Crippen LogP contribution in [-0.4, -0.2) is 21.5 Å². The first-order valence-corrected chi connectivity index (χ1v) is 7.87. The third kappa shape index (κ3) is 4.23. The van der Waals surface area contributed by atoms with Crippen molar-refractivity contribution < 1.29 is 4.43 Å². The van der Waals surface area contributed by atoms with Gasteiger partial charge in [-0.1, -0.05) is 20.3 Å². The Hall–Kier alpha value is 0.137. The molecule has 0 rings (SSSR count). The predicted octanol–water partition coefficient (Wildman–Crippen LogP) is 2.36. The summed E-state index contributed by atoms with van der Waals surface area (Å²) >= 11 is 0. The minimum atomic E-state index is -1.47. The molecule has 0 aliphatic rings. The number of hydrogen-bond donors (Lipinski definition) is 1. The van der Waals surface area contributed by atoms with Crippen molar-refractivity contribution in [1.29, 1.82) is 0 Å². The van der Waals surface area contributed by atoms with Crippen molar-refractivity contribution in [3.05, 3.63) is 0 Å². The molecule has 0 saturated carbocycles. The summed E-state index contributed by atoms with van der Waals surface area (Å²) in [6.07, 6.45) is 2.38. The van der Waals surface area contributed by atoms with Crippen LogP contribution in [0.1, 0.15) is 26.7 Å². The summed E-state index contributed by atoms with van der Waals surface area (Å²) in [5.74, 6) is 0. The average molecular weight is 189 g/mol. The Morgan fingerprint density at radius 1 is 1.42 bits per heavy atom. The van der Waals surface area contributed by atoms with Crippen LogP contribution in [0.25, 0.3) is 0 Å². The van der Waals surface area contributed by atoms with Gasteiger partial charge in [0, 0.05) is 6.61 Å². The van der Waals surface area contributed by atoms with Gasteiger partial charge in [-0.05, 0) is 31.6 Å². The lowest BCUT2D eigenvalue weighted by Crippen LogP contribution is -2.39. The molecule has 0 aliphatic heterocycles. The van der Waals surface area contributed by atoms with Crippen LogP contribution in [0, 0.1) is 0 Å². The van der Waals surface area contributed by atoms with E-state index in [1.165, 1.54) is 12.8 Å². The number of hydrogen-bond acceptors (Lipinski definition) is 2. The van der Waals surface area contributed by atoms with Crippen molar-refractivity contribution in [3.63, 3.8) is 0 Å². The molecule has 0 aliphatic carbocycles. The highest BCUT2D eigenvalue weighted by molar-refractivity contribution is 6.72. The minimum Gasteiger partial charge on any atom is -0.417 e. The third-order valence-electron chi connectivity index (χ3n) is 2.51. The first kappa shape index (κ1) is 12.1. The Labute approximate surface area is 77.6 Å². The van der Waals surface area contributed by atoms with Crippen LogP contribution < -0.4 is 5.73 Å². The first-order chi connectivity index (χ1) is 5.54. The monoisotopic (exact) mass is 189 g/mol. The summed E-state index contributed by atoms with van der Waals surface area (Å²) in [4.78, 5) is 0. The van der Waals surface area contributed by atoms with E-state index in [9.17, 15) is 0 Å². The molecular weight excluding hydrogens is 166 g/mol. The summed E-state index contributed by atoms with van der Waals surface area (Å²) in [7, 11) is -1.47. The molecule has 0 bridgehead atoms. The Balaban J connectivity index is 3.70. The van der Waals surface area contributed by atoms with Crippen molar-refractivity contribution >= 4 is 8.32 Å². The van der Waals surface area contributed by atoms with E-state index in [0.717, 1.165) is 13.2 Å². The summed E-state index contributed by atoms with van der Waals surface area (Å²) in [5.41, 5.74) is 6.18. The summed E-state index contributed by atoms with van der Waals surface area (Å²) < 4.78 is 5.88. The van der Waals surface area contributed by atoms with Gasteiger partial charge in [-0.25, -0.2) is 0 Å². The van der Waals surface area contributed by atoms with Gasteiger partial charge >= 0.3 is 0 Å². The molecule has 0 spiro atoms. The highest BCUT2D eigenvalue weighted by Gasteiger charge is 2.28. The normalized spacial score (nSPS) is 14.8. The van der Waals surface area contributed by atoms with Gasteiger partial charge in [0.15, 0.2) is 8.32 Å². The fraction of sp³-hybridized carbons (Fsp3) is 1.00. The standard InChI is InChI=1S/C9H23NOSi/c1-5-6-7-11-12(3,4)9(2)8-10/h9H,5-8,10H2,1-4H3. The molecule has 0 fully saturated rings. The highest BCUT2D eigenvalue weighted by atomic mass is 28.4. The zero-order valence-corrected chi connectivity index (χ0v) is 9.89. The van der Waals surface area contributed by atoms with Crippen molar-refractivity contribution in [3.8, 4) is 0 Å². The SMILES string of the molecule is CCCCO[Si](C)(C)C(C)CN. The number of rotatable bonds is 6. The maximum absolute atomic E-state index is 5.88. The zero-order chi connectivity index (χ0) is 9.61. The van der Waals surface area contributed by atoms with Gasteiger partial charge in [-0.2, -0.15) is 0 Å². The molecular formula is C9H23NOSi. The lowest BCUT2D eigenvalue weighted by Gasteiger charge is -2.28. The third-order valence-corrected chi connectivity index (χ3v) is 6.07. The largest absolute Gasteiger partial charge is 0.417 e. The molecule has 2 N–H and O–H groups in total. The van der Waals surface area contributed by atoms with Crippen molar-refractivity contribution in [2.24, 2.45) is 5.73 Å². The second kappa shape index (κ2) is 5.73. The van der Waals surface area contributed by atoms with Crippen molar-refractivity contribution in [1.82, 2.24) is 0 Å². The maximum atomic E-state index is 5.88. The van der Waals surface area contributed by atoms with Gasteiger partial charge in [0.2, 0.25) is 0 Å². The Morgan fingerprint density at radius 2 is 2.00 bits per heavy atom. The quantitative estimate of drug-likeness (QED) is 0.514. The Morgan fingerprint density at radius 3 is 2.42 bits per heavy atom. The molecule has 0 aromatic rings. The second-order valence-corrected chi connectivity index (χ2v) is 8.42. The van der Waals surface area contributed by atoms with Crippen LogP contribution in [0.5, 0.6) is 0 Å². The van der Waals surface area contributed by atoms with Gasteiger partial charge < -0.3 is 10.2 Å². The molecule has 1 atom stereocenters. The van der Waals surface area contributed by atoms with Crippen LogP contribution in [0.4, 0.5) is 0 Å². The van der Waals surface area contributed by atoms with Gasteiger partial charge in [0.05, 0.1) is 0 Å². The summed E-state index contributed by atoms with van der Waals surface area (Å²) in [5, 5.41) is 0.